The van der Waals surface area contributed by atoms with E-state index in [2.05, 4.69) is 32.0 Å². The van der Waals surface area contributed by atoms with E-state index in [0.29, 0.717) is 31.0 Å². The zero-order chi connectivity index (χ0) is 30.8. The van der Waals surface area contributed by atoms with Crippen molar-refractivity contribution in [3.8, 4) is 0 Å². The number of nitrogens with one attached hydrogen (secondary N) is 1. The Balaban J connectivity index is 1.04. The lowest BCUT2D eigenvalue weighted by Crippen LogP contribution is -2.73. The first kappa shape index (κ1) is 30.7. The molecule has 0 aromatic carbocycles. The Labute approximate surface area is 267 Å². The normalized spacial score (nSPS) is 45.4. The molecule has 3 saturated carbocycles. The van der Waals surface area contributed by atoms with Gasteiger partial charge in [0.1, 0.15) is 6.17 Å². The molecule has 0 aromatic rings. The first-order valence-electron chi connectivity index (χ1n) is 18.0. The fourth-order valence-corrected chi connectivity index (χ4v) is 10.6. The number of Topliss-reactive ketones (excluding diaryl/α,β-unsaturated/α-hetero) is 1. The third kappa shape index (κ3) is 5.57. The van der Waals surface area contributed by atoms with Crippen molar-refractivity contribution in [1.29, 1.82) is 0 Å². The zero-order valence-corrected chi connectivity index (χ0v) is 26.9. The summed E-state index contributed by atoms with van der Waals surface area (Å²) >= 11 is 0. The molecule has 10 nitrogen and oxygen atoms in total. The summed E-state index contributed by atoms with van der Waals surface area (Å²) < 4.78 is 30.0. The molecule has 4 saturated heterocycles. The van der Waals surface area contributed by atoms with Crippen molar-refractivity contribution in [2.75, 3.05) is 59.4 Å². The molecule has 5 aliphatic heterocycles. The van der Waals surface area contributed by atoms with E-state index in [1.165, 1.54) is 19.3 Å². The maximum atomic E-state index is 16.3. The predicted octanol–water partition coefficient (Wildman–Crippen LogP) is 1.14. The Morgan fingerprint density at radius 3 is 2.60 bits per heavy atom. The fourth-order valence-electron chi connectivity index (χ4n) is 10.6. The molecule has 3 aliphatic carbocycles. The van der Waals surface area contributed by atoms with Crippen molar-refractivity contribution in [1.82, 2.24) is 24.9 Å². The summed E-state index contributed by atoms with van der Waals surface area (Å²) in [5.41, 5.74) is 6.48. The lowest BCUT2D eigenvalue weighted by Gasteiger charge is -2.61. The van der Waals surface area contributed by atoms with E-state index in [1.54, 1.807) is 0 Å². The highest BCUT2D eigenvalue weighted by atomic mass is 19.1. The van der Waals surface area contributed by atoms with Gasteiger partial charge in [0.25, 0.3) is 5.91 Å². The van der Waals surface area contributed by atoms with E-state index in [4.69, 9.17) is 15.2 Å². The Bertz CT molecular complexity index is 1170. The third-order valence-corrected chi connectivity index (χ3v) is 12.9. The summed E-state index contributed by atoms with van der Waals surface area (Å²) in [6.07, 6.45) is 9.05. The molecule has 12 atom stereocenters. The largest absolute Gasteiger partial charge is 0.374 e. The van der Waals surface area contributed by atoms with Crippen LogP contribution in [0.5, 0.6) is 0 Å². The first-order valence-corrected chi connectivity index (χ1v) is 18.0. The minimum Gasteiger partial charge on any atom is -0.374 e. The summed E-state index contributed by atoms with van der Waals surface area (Å²) in [6, 6.07) is -0.645. The number of ketones is 1. The van der Waals surface area contributed by atoms with E-state index in [0.717, 1.165) is 71.4 Å². The van der Waals surface area contributed by atoms with Crippen LogP contribution in [-0.4, -0.2) is 145 Å². The first-order chi connectivity index (χ1) is 21.9. The predicted molar refractivity (Wildman–Crippen MR) is 167 cm³/mol. The van der Waals surface area contributed by atoms with Crippen LogP contribution in [0.25, 0.3) is 0 Å². The number of rotatable bonds is 6. The maximum Gasteiger partial charge on any atom is 0.256 e. The Kier molecular flexibility index (Phi) is 8.48. The summed E-state index contributed by atoms with van der Waals surface area (Å²) in [6.45, 7) is 7.07. The number of nitrogens with zero attached hydrogens (tertiary/aromatic N) is 4. The Morgan fingerprint density at radius 1 is 0.978 bits per heavy atom. The minimum atomic E-state index is -1.20. The number of alkyl halides is 1. The standard InChI is InChI=1S/C34H53FN6O4/c1-38-11-13-39(14-12-38)9-4-8-37-34(43)24-19-41-26-17-28-22(21-5-2-3-6-27(21)44-28)16-29(26)45-33-30(41)23(32(24)42)15-25(35)31(33)40-10-7-20(36)18-40/h19-23,25-31,33H,2-18,36H2,1H3,(H,37,43). The summed E-state index contributed by atoms with van der Waals surface area (Å²) in [4.78, 5) is 36.9. The lowest BCUT2D eigenvalue weighted by molar-refractivity contribution is -0.220. The number of halogens is 1. The second-order valence-corrected chi connectivity index (χ2v) is 15.5. The molecule has 0 bridgehead atoms. The van der Waals surface area contributed by atoms with Crippen molar-refractivity contribution in [2.45, 2.75) is 113 Å². The van der Waals surface area contributed by atoms with Crippen LogP contribution in [0.3, 0.4) is 0 Å². The molecule has 8 rings (SSSR count). The van der Waals surface area contributed by atoms with Crippen molar-refractivity contribution < 1.29 is 23.5 Å². The average Bonchev–Trinajstić information content (AvgIpc) is 3.63. The molecular formula is C34H53FN6O4. The van der Waals surface area contributed by atoms with E-state index < -0.39 is 24.2 Å². The number of fused-ring (bicyclic) bond motifs is 5. The van der Waals surface area contributed by atoms with Gasteiger partial charge in [0.15, 0.2) is 5.78 Å². The van der Waals surface area contributed by atoms with Gasteiger partial charge in [-0.05, 0) is 70.4 Å². The van der Waals surface area contributed by atoms with Gasteiger partial charge in [-0.2, -0.15) is 0 Å². The lowest BCUT2D eigenvalue weighted by atomic mass is 9.67. The molecule has 45 heavy (non-hydrogen) atoms. The van der Waals surface area contributed by atoms with Crippen LogP contribution < -0.4 is 11.1 Å². The molecule has 0 aromatic heterocycles. The second-order valence-electron chi connectivity index (χ2n) is 15.5. The number of ether oxygens (including phenoxy) is 2. The van der Waals surface area contributed by atoms with Gasteiger partial charge in [0.05, 0.1) is 48.1 Å². The SMILES string of the molecule is CN1CCN(CCCNC(=O)C2=CN3C4CC5OC6CCCCC6C5CC4OC4C(N5CCC(N)C5)C(F)CC(C2=O)C43)CC1. The molecule has 5 heterocycles. The van der Waals surface area contributed by atoms with Crippen LogP contribution >= 0.6 is 0 Å². The smallest absolute Gasteiger partial charge is 0.256 e. The number of morpholine rings is 1. The van der Waals surface area contributed by atoms with Gasteiger partial charge in [0, 0.05) is 64.0 Å². The second kappa shape index (κ2) is 12.4. The molecule has 250 valence electrons. The molecule has 0 spiro atoms. The van der Waals surface area contributed by atoms with Crippen LogP contribution in [-0.2, 0) is 19.1 Å². The van der Waals surface area contributed by atoms with E-state index in [-0.39, 0.29) is 54.0 Å². The number of likely N-dealkylation sites (tertiary alicyclic amines) is 1. The van der Waals surface area contributed by atoms with Gasteiger partial charge in [-0.3, -0.25) is 14.5 Å². The van der Waals surface area contributed by atoms with Crippen molar-refractivity contribution in [3.05, 3.63) is 11.8 Å². The van der Waals surface area contributed by atoms with Crippen molar-refractivity contribution >= 4 is 11.7 Å². The van der Waals surface area contributed by atoms with Crippen molar-refractivity contribution in [3.63, 3.8) is 0 Å². The molecule has 8 aliphatic rings. The number of nitrogens with two attached hydrogens (primary N) is 1. The van der Waals surface area contributed by atoms with E-state index in [1.807, 2.05) is 6.20 Å². The molecular weight excluding hydrogens is 575 g/mol. The molecule has 3 N–H and O–H groups in total. The highest BCUT2D eigenvalue weighted by Crippen LogP contribution is 2.53. The van der Waals surface area contributed by atoms with Crippen LogP contribution in [0, 0.1) is 17.8 Å². The molecule has 12 unspecified atom stereocenters. The summed E-state index contributed by atoms with van der Waals surface area (Å²) in [5, 5.41) is 3.05. The number of amides is 1. The van der Waals surface area contributed by atoms with Gasteiger partial charge in [-0.1, -0.05) is 12.8 Å². The van der Waals surface area contributed by atoms with Gasteiger partial charge in [-0.25, -0.2) is 4.39 Å². The van der Waals surface area contributed by atoms with Gasteiger partial charge < -0.3 is 35.2 Å². The quantitative estimate of drug-likeness (QED) is 0.331. The number of hydrogen-bond acceptors (Lipinski definition) is 9. The van der Waals surface area contributed by atoms with Crippen LogP contribution in [0.1, 0.15) is 57.8 Å². The Hall–Kier alpha value is -1.63. The number of hydrogen-bond donors (Lipinski definition) is 2. The average molecular weight is 629 g/mol. The topological polar surface area (TPSA) is 104 Å². The monoisotopic (exact) mass is 628 g/mol. The van der Waals surface area contributed by atoms with Crippen LogP contribution in [0.4, 0.5) is 4.39 Å². The van der Waals surface area contributed by atoms with Crippen molar-refractivity contribution in [2.24, 2.45) is 23.5 Å². The number of carbonyl (C=O) groups excluding carboxylic acids is 2. The maximum absolute atomic E-state index is 16.3. The molecule has 1 amide bonds. The van der Waals surface area contributed by atoms with E-state index >= 15 is 4.39 Å². The molecule has 11 heteroatoms. The zero-order valence-electron chi connectivity index (χ0n) is 26.9. The van der Waals surface area contributed by atoms with Gasteiger partial charge >= 0.3 is 0 Å². The fraction of sp³-hybridized carbons (Fsp3) is 0.882. The molecule has 0 radical (unpaired) electrons. The summed E-state index contributed by atoms with van der Waals surface area (Å²) in [7, 11) is 2.15. The summed E-state index contributed by atoms with van der Waals surface area (Å²) in [5.74, 6) is -0.102. The minimum absolute atomic E-state index is 0.0148. The number of likely N-dealkylation sites (N-methyl/N-ethyl adjacent to an activating group) is 1. The van der Waals surface area contributed by atoms with E-state index in [9.17, 15) is 9.59 Å². The van der Waals surface area contributed by atoms with Crippen LogP contribution in [0.2, 0.25) is 0 Å². The van der Waals surface area contributed by atoms with Gasteiger partial charge in [0.2, 0.25) is 0 Å². The number of carbonyl (C=O) groups is 2. The highest BCUT2D eigenvalue weighted by molar-refractivity contribution is 6.20. The Morgan fingerprint density at radius 2 is 1.80 bits per heavy atom. The van der Waals surface area contributed by atoms with Crippen LogP contribution in [0.15, 0.2) is 11.8 Å². The third-order valence-electron chi connectivity index (χ3n) is 12.9. The highest BCUT2D eigenvalue weighted by Gasteiger charge is 2.62. The molecule has 7 fully saturated rings. The number of piperazine rings is 1. The van der Waals surface area contributed by atoms with Gasteiger partial charge in [-0.15, -0.1) is 0 Å².